The lowest BCUT2D eigenvalue weighted by molar-refractivity contribution is -0.120. The predicted octanol–water partition coefficient (Wildman–Crippen LogP) is 2.51. The van der Waals surface area contributed by atoms with E-state index in [-0.39, 0.29) is 24.7 Å². The van der Waals surface area contributed by atoms with E-state index < -0.39 is 0 Å². The number of aromatic nitrogens is 1. The number of nitrogens with zero attached hydrogens (tertiary/aromatic N) is 1. The third-order valence-electron chi connectivity index (χ3n) is 4.50. The molecule has 0 unspecified atom stereocenters. The Morgan fingerprint density at radius 1 is 1.15 bits per heavy atom. The van der Waals surface area contributed by atoms with Crippen molar-refractivity contribution in [1.82, 2.24) is 10.4 Å². The van der Waals surface area contributed by atoms with Gasteiger partial charge in [-0.3, -0.25) is 9.59 Å². The molecule has 2 aromatic carbocycles. The summed E-state index contributed by atoms with van der Waals surface area (Å²) in [6.07, 6.45) is 3.91. The quantitative estimate of drug-likeness (QED) is 0.463. The van der Waals surface area contributed by atoms with Crippen molar-refractivity contribution in [1.29, 1.82) is 0 Å². The number of hydrogen-bond acceptors (Lipinski definition) is 3. The summed E-state index contributed by atoms with van der Waals surface area (Å²) < 4.78 is 0. The van der Waals surface area contributed by atoms with Gasteiger partial charge in [0.15, 0.2) is 0 Å². The van der Waals surface area contributed by atoms with Crippen molar-refractivity contribution in [3.8, 4) is 0 Å². The topological polar surface area (TPSA) is 100 Å². The number of amides is 2. The third kappa shape index (κ3) is 4.41. The summed E-state index contributed by atoms with van der Waals surface area (Å²) >= 11 is 0. The molecule has 0 aliphatic heterocycles. The molecule has 6 heteroatoms. The zero-order chi connectivity index (χ0) is 19.4. The maximum Gasteiger partial charge on any atom is 0.244 e. The molecule has 1 heterocycles. The number of aromatic amines is 1. The van der Waals surface area contributed by atoms with Crippen molar-refractivity contribution in [2.24, 2.45) is 10.8 Å². The Balaban J connectivity index is 1.65. The van der Waals surface area contributed by atoms with Crippen LogP contribution in [0.4, 0.5) is 0 Å². The number of hydrazone groups is 1. The molecule has 3 rings (SSSR count). The Morgan fingerprint density at radius 3 is 2.56 bits per heavy atom. The van der Waals surface area contributed by atoms with Gasteiger partial charge in [-0.25, -0.2) is 5.43 Å². The molecule has 0 fully saturated rings. The molecule has 0 bridgehead atoms. The summed E-state index contributed by atoms with van der Waals surface area (Å²) in [4.78, 5) is 26.5. The van der Waals surface area contributed by atoms with Gasteiger partial charge >= 0.3 is 0 Å². The predicted molar refractivity (Wildman–Crippen MR) is 107 cm³/mol. The zero-order valence-electron chi connectivity index (χ0n) is 15.4. The SMILES string of the molecule is Cc1cc(/C=N/NC(=O)Cc2c[nH]c3ccccc23)cc(C)c1CC(N)=O. The second kappa shape index (κ2) is 7.86. The highest BCUT2D eigenvalue weighted by Gasteiger charge is 2.09. The minimum Gasteiger partial charge on any atom is -0.369 e. The van der Waals surface area contributed by atoms with Crippen LogP contribution < -0.4 is 11.2 Å². The number of hydrogen-bond donors (Lipinski definition) is 3. The molecule has 6 nitrogen and oxygen atoms in total. The van der Waals surface area contributed by atoms with E-state index in [9.17, 15) is 9.59 Å². The Bertz CT molecular complexity index is 1010. The molecule has 4 N–H and O–H groups in total. The van der Waals surface area contributed by atoms with E-state index in [4.69, 9.17) is 5.73 Å². The molecule has 27 heavy (non-hydrogen) atoms. The van der Waals surface area contributed by atoms with Crippen LogP contribution in [0.15, 0.2) is 47.7 Å². The molecule has 0 atom stereocenters. The first-order valence-electron chi connectivity index (χ1n) is 8.69. The standard InChI is InChI=1S/C21H22N4O2/c1-13-7-15(8-14(2)18(13)10-20(22)26)11-24-25-21(27)9-16-12-23-19-6-4-3-5-17(16)19/h3-8,11-12,23H,9-10H2,1-2H3,(H2,22,26)(H,25,27)/b24-11+. The number of H-pyrrole nitrogens is 1. The third-order valence-corrected chi connectivity index (χ3v) is 4.50. The second-order valence-corrected chi connectivity index (χ2v) is 6.61. The van der Waals surface area contributed by atoms with Crippen LogP contribution in [0.1, 0.15) is 27.8 Å². The highest BCUT2D eigenvalue weighted by atomic mass is 16.2. The Hall–Kier alpha value is -3.41. The summed E-state index contributed by atoms with van der Waals surface area (Å²) in [5, 5.41) is 5.08. The van der Waals surface area contributed by atoms with Gasteiger partial charge in [0, 0.05) is 17.1 Å². The number of nitrogens with two attached hydrogens (primary N) is 1. The molecule has 0 saturated carbocycles. The van der Waals surface area contributed by atoms with Crippen LogP contribution in [0.2, 0.25) is 0 Å². The van der Waals surface area contributed by atoms with Crippen LogP contribution in [-0.2, 0) is 22.4 Å². The van der Waals surface area contributed by atoms with Crippen molar-refractivity contribution in [2.75, 3.05) is 0 Å². The second-order valence-electron chi connectivity index (χ2n) is 6.61. The van der Waals surface area contributed by atoms with Crippen molar-refractivity contribution in [3.63, 3.8) is 0 Å². The van der Waals surface area contributed by atoms with Crippen molar-refractivity contribution >= 4 is 28.9 Å². The van der Waals surface area contributed by atoms with Crippen LogP contribution in [0.5, 0.6) is 0 Å². The summed E-state index contributed by atoms with van der Waals surface area (Å²) in [5.74, 6) is -0.540. The Kier molecular flexibility index (Phi) is 5.35. The maximum absolute atomic E-state index is 12.2. The van der Waals surface area contributed by atoms with Gasteiger partial charge in [0.05, 0.1) is 19.1 Å². The average Bonchev–Trinajstić information content (AvgIpc) is 3.01. The zero-order valence-corrected chi connectivity index (χ0v) is 15.4. The van der Waals surface area contributed by atoms with Gasteiger partial charge < -0.3 is 10.7 Å². The lowest BCUT2D eigenvalue weighted by Crippen LogP contribution is -2.19. The van der Waals surface area contributed by atoms with E-state index in [2.05, 4.69) is 15.5 Å². The first kappa shape index (κ1) is 18.4. The minimum atomic E-state index is -0.354. The summed E-state index contributed by atoms with van der Waals surface area (Å²) in [6, 6.07) is 11.7. The molecular formula is C21H22N4O2. The van der Waals surface area contributed by atoms with Crippen LogP contribution in [-0.4, -0.2) is 23.0 Å². The number of aryl methyl sites for hydroxylation is 2. The van der Waals surface area contributed by atoms with E-state index in [1.54, 1.807) is 6.21 Å². The summed E-state index contributed by atoms with van der Waals surface area (Å²) in [7, 11) is 0. The van der Waals surface area contributed by atoms with Gasteiger partial charge in [-0.05, 0) is 47.7 Å². The lowest BCUT2D eigenvalue weighted by Gasteiger charge is -2.09. The molecule has 138 valence electrons. The van der Waals surface area contributed by atoms with Gasteiger partial charge in [-0.2, -0.15) is 5.10 Å². The minimum absolute atomic E-state index is 0.185. The van der Waals surface area contributed by atoms with Gasteiger partial charge in [-0.15, -0.1) is 0 Å². The molecule has 2 amide bonds. The largest absolute Gasteiger partial charge is 0.369 e. The smallest absolute Gasteiger partial charge is 0.244 e. The number of primary amides is 1. The van der Waals surface area contributed by atoms with Gasteiger partial charge in [0.2, 0.25) is 11.8 Å². The molecule has 0 spiro atoms. The average molecular weight is 362 g/mol. The molecule has 0 saturated heterocycles. The fraction of sp³-hybridized carbons (Fsp3) is 0.190. The molecule has 3 aromatic rings. The van der Waals surface area contributed by atoms with Crippen LogP contribution in [0.3, 0.4) is 0 Å². The molecule has 0 aliphatic carbocycles. The Labute approximate surface area is 157 Å². The van der Waals surface area contributed by atoms with E-state index >= 15 is 0 Å². The summed E-state index contributed by atoms with van der Waals surface area (Å²) in [5.41, 5.74) is 13.5. The van der Waals surface area contributed by atoms with Crippen molar-refractivity contribution in [2.45, 2.75) is 26.7 Å². The number of rotatable bonds is 6. The molecule has 0 radical (unpaired) electrons. The Morgan fingerprint density at radius 2 is 1.85 bits per heavy atom. The summed E-state index contributed by atoms with van der Waals surface area (Å²) in [6.45, 7) is 3.86. The fourth-order valence-corrected chi connectivity index (χ4v) is 3.22. The number of fused-ring (bicyclic) bond motifs is 1. The van der Waals surface area contributed by atoms with Crippen LogP contribution >= 0.6 is 0 Å². The van der Waals surface area contributed by atoms with Crippen molar-refractivity contribution < 1.29 is 9.59 Å². The monoisotopic (exact) mass is 362 g/mol. The molecule has 0 aliphatic rings. The van der Waals surface area contributed by atoms with E-state index in [0.717, 1.165) is 38.7 Å². The van der Waals surface area contributed by atoms with Gasteiger partial charge in [-0.1, -0.05) is 30.3 Å². The van der Waals surface area contributed by atoms with Crippen molar-refractivity contribution in [3.05, 3.63) is 70.4 Å². The first-order valence-corrected chi connectivity index (χ1v) is 8.69. The maximum atomic E-state index is 12.2. The highest BCUT2D eigenvalue weighted by Crippen LogP contribution is 2.18. The highest BCUT2D eigenvalue weighted by molar-refractivity contribution is 5.89. The number of carbonyl (C=O) groups is 2. The number of carbonyl (C=O) groups excluding carboxylic acids is 2. The molecule has 1 aromatic heterocycles. The number of nitrogens with one attached hydrogen (secondary N) is 2. The van der Waals surface area contributed by atoms with E-state index in [1.165, 1.54) is 0 Å². The van der Waals surface area contributed by atoms with Gasteiger partial charge in [0.1, 0.15) is 0 Å². The van der Waals surface area contributed by atoms with Crippen LogP contribution in [0, 0.1) is 13.8 Å². The fourth-order valence-electron chi connectivity index (χ4n) is 3.22. The van der Waals surface area contributed by atoms with Crippen LogP contribution in [0.25, 0.3) is 10.9 Å². The molecular weight excluding hydrogens is 340 g/mol. The lowest BCUT2D eigenvalue weighted by atomic mass is 9.97. The first-order chi connectivity index (χ1) is 12.9. The number of para-hydroxylation sites is 1. The normalized spacial score (nSPS) is 11.2. The van der Waals surface area contributed by atoms with E-state index in [1.807, 2.05) is 56.4 Å². The number of benzene rings is 2. The van der Waals surface area contributed by atoms with E-state index in [0.29, 0.717) is 0 Å². The van der Waals surface area contributed by atoms with Gasteiger partial charge in [0.25, 0.3) is 0 Å².